The van der Waals surface area contributed by atoms with Gasteiger partial charge in [0.2, 0.25) is 5.91 Å². The summed E-state index contributed by atoms with van der Waals surface area (Å²) >= 11 is 0. The van der Waals surface area contributed by atoms with Gasteiger partial charge in [0.15, 0.2) is 0 Å². The third-order valence-electron chi connectivity index (χ3n) is 5.52. The largest absolute Gasteiger partial charge is 0.497 e. The van der Waals surface area contributed by atoms with Gasteiger partial charge in [-0.3, -0.25) is 9.59 Å². The number of rotatable bonds is 5. The normalized spacial score (nSPS) is 28.0. The third-order valence-corrected chi connectivity index (χ3v) is 5.52. The number of carbonyl (C=O) groups excluding carboxylic acids is 2. The molecule has 3 rings (SSSR count). The number of hydrogen-bond acceptors (Lipinski definition) is 4. The number of amides is 1. The van der Waals surface area contributed by atoms with Crippen molar-refractivity contribution in [2.24, 2.45) is 17.3 Å². The van der Waals surface area contributed by atoms with Crippen molar-refractivity contribution in [2.45, 2.75) is 26.8 Å². The van der Waals surface area contributed by atoms with Gasteiger partial charge >= 0.3 is 5.97 Å². The second kappa shape index (κ2) is 6.90. The maximum atomic E-state index is 12.9. The fourth-order valence-electron chi connectivity index (χ4n) is 3.96. The maximum absolute atomic E-state index is 12.9. The van der Waals surface area contributed by atoms with Gasteiger partial charge in [-0.15, -0.1) is 0 Å². The summed E-state index contributed by atoms with van der Waals surface area (Å²) in [5.41, 5.74) is 0.880. The number of carbonyl (C=O) groups is 2. The number of allylic oxidation sites excluding steroid dienone is 1. The minimum absolute atomic E-state index is 0.139. The zero-order valence-corrected chi connectivity index (χ0v) is 15.0. The van der Waals surface area contributed by atoms with Crippen molar-refractivity contribution in [3.05, 3.63) is 42.0 Å². The molecule has 5 nitrogen and oxygen atoms in total. The molecule has 0 spiro atoms. The van der Waals surface area contributed by atoms with Crippen LogP contribution in [0.25, 0.3) is 0 Å². The Balaban J connectivity index is 1.74. The first-order valence-electron chi connectivity index (χ1n) is 8.66. The van der Waals surface area contributed by atoms with Gasteiger partial charge in [-0.25, -0.2) is 0 Å². The molecule has 0 aromatic heterocycles. The molecule has 1 saturated heterocycles. The van der Waals surface area contributed by atoms with Crippen LogP contribution < -0.4 is 4.74 Å². The van der Waals surface area contributed by atoms with Crippen LogP contribution in [0.3, 0.4) is 0 Å². The van der Waals surface area contributed by atoms with Crippen molar-refractivity contribution in [2.75, 3.05) is 20.3 Å². The Morgan fingerprint density at radius 1 is 1.32 bits per heavy atom. The maximum Gasteiger partial charge on any atom is 0.302 e. The van der Waals surface area contributed by atoms with Crippen LogP contribution in [0.5, 0.6) is 5.75 Å². The van der Waals surface area contributed by atoms with Gasteiger partial charge in [0.1, 0.15) is 5.75 Å². The first-order valence-corrected chi connectivity index (χ1v) is 8.66. The van der Waals surface area contributed by atoms with Crippen LogP contribution in [0.4, 0.5) is 0 Å². The van der Waals surface area contributed by atoms with Crippen molar-refractivity contribution in [3.63, 3.8) is 0 Å². The Labute approximate surface area is 148 Å². The summed E-state index contributed by atoms with van der Waals surface area (Å²) in [5, 5.41) is 0. The number of methoxy groups -OCH3 is 1. The number of likely N-dealkylation sites (tertiary alicyclic amines) is 1. The highest BCUT2D eigenvalue weighted by molar-refractivity contribution is 5.84. The van der Waals surface area contributed by atoms with E-state index in [1.165, 1.54) is 6.92 Å². The summed E-state index contributed by atoms with van der Waals surface area (Å²) in [6, 6.07) is 7.80. The smallest absolute Gasteiger partial charge is 0.302 e. The van der Waals surface area contributed by atoms with Crippen LogP contribution in [-0.4, -0.2) is 37.0 Å². The summed E-state index contributed by atoms with van der Waals surface area (Å²) < 4.78 is 10.4. The van der Waals surface area contributed by atoms with E-state index in [1.807, 2.05) is 35.2 Å². The first-order chi connectivity index (χ1) is 11.9. The van der Waals surface area contributed by atoms with Gasteiger partial charge in [-0.2, -0.15) is 0 Å². The van der Waals surface area contributed by atoms with E-state index in [0.717, 1.165) is 17.7 Å². The molecule has 1 aromatic carbocycles. The molecule has 1 aliphatic heterocycles. The minimum Gasteiger partial charge on any atom is -0.497 e. The summed E-state index contributed by atoms with van der Waals surface area (Å²) in [7, 11) is 1.64. The average molecular weight is 343 g/mol. The number of benzene rings is 1. The molecule has 1 aromatic rings. The molecule has 0 bridgehead atoms. The fraction of sp³-hybridized carbons (Fsp3) is 0.500. The van der Waals surface area contributed by atoms with E-state index in [4.69, 9.17) is 9.47 Å². The SMILES string of the molecule is COc1ccc(CN2C[C@]3(C)[C@@H](COC(C)=O)CC=C[C@@H]3C2=O)cc1. The third kappa shape index (κ3) is 3.41. The topological polar surface area (TPSA) is 55.8 Å². The molecule has 1 aliphatic carbocycles. The Kier molecular flexibility index (Phi) is 4.84. The van der Waals surface area contributed by atoms with E-state index < -0.39 is 0 Å². The van der Waals surface area contributed by atoms with Crippen LogP contribution in [0.2, 0.25) is 0 Å². The molecule has 0 saturated carbocycles. The second-order valence-corrected chi connectivity index (χ2v) is 7.19. The number of ether oxygens (including phenoxy) is 2. The average Bonchev–Trinajstić information content (AvgIpc) is 2.85. The summed E-state index contributed by atoms with van der Waals surface area (Å²) in [4.78, 5) is 26.0. The van der Waals surface area contributed by atoms with Crippen molar-refractivity contribution in [1.82, 2.24) is 4.90 Å². The van der Waals surface area contributed by atoms with Gasteiger partial charge in [0.05, 0.1) is 19.6 Å². The molecule has 0 unspecified atom stereocenters. The van der Waals surface area contributed by atoms with E-state index in [9.17, 15) is 9.59 Å². The van der Waals surface area contributed by atoms with Crippen LogP contribution in [-0.2, 0) is 20.9 Å². The molecule has 1 fully saturated rings. The van der Waals surface area contributed by atoms with E-state index >= 15 is 0 Å². The van der Waals surface area contributed by atoms with Crippen LogP contribution in [0, 0.1) is 17.3 Å². The van der Waals surface area contributed by atoms with E-state index in [2.05, 4.69) is 13.0 Å². The number of fused-ring (bicyclic) bond motifs is 1. The molecule has 3 atom stereocenters. The highest BCUT2D eigenvalue weighted by Gasteiger charge is 2.53. The molecule has 5 heteroatoms. The molecule has 134 valence electrons. The predicted molar refractivity (Wildman–Crippen MR) is 93.9 cm³/mol. The lowest BCUT2D eigenvalue weighted by molar-refractivity contribution is -0.144. The lowest BCUT2D eigenvalue weighted by Crippen LogP contribution is -2.39. The van der Waals surface area contributed by atoms with Gasteiger partial charge in [0.25, 0.3) is 0 Å². The second-order valence-electron chi connectivity index (χ2n) is 7.19. The monoisotopic (exact) mass is 343 g/mol. The Morgan fingerprint density at radius 3 is 2.68 bits per heavy atom. The summed E-state index contributed by atoms with van der Waals surface area (Å²) in [5.74, 6) is 0.717. The Morgan fingerprint density at radius 2 is 2.04 bits per heavy atom. The van der Waals surface area contributed by atoms with Crippen LogP contribution in [0.1, 0.15) is 25.8 Å². The van der Waals surface area contributed by atoms with Crippen LogP contribution in [0.15, 0.2) is 36.4 Å². The molecule has 1 heterocycles. The molecular formula is C20H25NO4. The number of nitrogens with zero attached hydrogens (tertiary/aromatic N) is 1. The molecule has 0 radical (unpaired) electrons. The summed E-state index contributed by atoms with van der Waals surface area (Å²) in [6.45, 7) is 5.20. The van der Waals surface area contributed by atoms with E-state index in [-0.39, 0.29) is 29.1 Å². The van der Waals surface area contributed by atoms with E-state index in [0.29, 0.717) is 19.7 Å². The standard InChI is InChI=1S/C20H25NO4/c1-14(22)25-12-16-5-4-6-18-19(23)21(13-20(16,18)2)11-15-7-9-17(24-3)10-8-15/h4,6-10,16,18H,5,11-13H2,1-3H3/t16-,18-,20-/m1/s1. The number of esters is 1. The zero-order chi connectivity index (χ0) is 18.0. The molecule has 25 heavy (non-hydrogen) atoms. The Hall–Kier alpha value is -2.30. The minimum atomic E-state index is -0.269. The lowest BCUT2D eigenvalue weighted by Gasteiger charge is -2.38. The quantitative estimate of drug-likeness (QED) is 0.609. The van der Waals surface area contributed by atoms with Crippen LogP contribution >= 0.6 is 0 Å². The van der Waals surface area contributed by atoms with E-state index in [1.54, 1.807) is 7.11 Å². The lowest BCUT2D eigenvalue weighted by atomic mass is 9.66. The fourth-order valence-corrected chi connectivity index (χ4v) is 3.96. The summed E-state index contributed by atoms with van der Waals surface area (Å²) in [6.07, 6.45) is 4.92. The first kappa shape index (κ1) is 17.5. The van der Waals surface area contributed by atoms with Gasteiger partial charge < -0.3 is 14.4 Å². The molecule has 0 N–H and O–H groups in total. The highest BCUT2D eigenvalue weighted by atomic mass is 16.5. The predicted octanol–water partition coefficient (Wildman–Crippen LogP) is 2.80. The van der Waals surface area contributed by atoms with Crippen molar-refractivity contribution in [1.29, 1.82) is 0 Å². The molecule has 1 amide bonds. The van der Waals surface area contributed by atoms with Crippen molar-refractivity contribution < 1.29 is 19.1 Å². The zero-order valence-electron chi connectivity index (χ0n) is 15.0. The molecule has 2 aliphatic rings. The van der Waals surface area contributed by atoms with Crippen molar-refractivity contribution in [3.8, 4) is 5.75 Å². The van der Waals surface area contributed by atoms with Crippen molar-refractivity contribution >= 4 is 11.9 Å². The molecular weight excluding hydrogens is 318 g/mol. The Bertz CT molecular complexity index is 681. The number of hydrogen-bond donors (Lipinski definition) is 0. The highest BCUT2D eigenvalue weighted by Crippen LogP contribution is 2.48. The van der Waals surface area contributed by atoms with Gasteiger partial charge in [-0.05, 0) is 24.1 Å². The van der Waals surface area contributed by atoms with Gasteiger partial charge in [0, 0.05) is 31.3 Å². The van der Waals surface area contributed by atoms with Gasteiger partial charge in [-0.1, -0.05) is 31.2 Å².